The Bertz CT molecular complexity index is 872. The third-order valence-corrected chi connectivity index (χ3v) is 6.43. The van der Waals surface area contributed by atoms with Crippen LogP contribution < -0.4 is 5.32 Å². The molecule has 3 rings (SSSR count). The summed E-state index contributed by atoms with van der Waals surface area (Å²) in [4.78, 5) is 11.9. The van der Waals surface area contributed by atoms with Crippen molar-refractivity contribution in [2.75, 3.05) is 19.6 Å². The van der Waals surface area contributed by atoms with E-state index >= 15 is 0 Å². The molecule has 0 saturated carbocycles. The van der Waals surface area contributed by atoms with E-state index in [1.807, 2.05) is 6.92 Å². The largest absolute Gasteiger partial charge is 0.356 e. The number of hydrogen-bond acceptors (Lipinski definition) is 5. The molecule has 1 aromatic heterocycles. The second kappa shape index (κ2) is 8.13. The highest BCUT2D eigenvalue weighted by atomic mass is 32.2. The molecule has 0 unspecified atom stereocenters. The van der Waals surface area contributed by atoms with Crippen LogP contribution in [0, 0.1) is 0 Å². The van der Waals surface area contributed by atoms with Gasteiger partial charge in [0.25, 0.3) is 0 Å². The summed E-state index contributed by atoms with van der Waals surface area (Å²) in [6.07, 6.45) is 3.82. The van der Waals surface area contributed by atoms with Crippen molar-refractivity contribution in [1.82, 2.24) is 24.6 Å². The van der Waals surface area contributed by atoms with Crippen molar-refractivity contribution in [2.24, 2.45) is 0 Å². The molecule has 1 aliphatic rings. The molecule has 1 saturated heterocycles. The van der Waals surface area contributed by atoms with Gasteiger partial charge in [-0.25, -0.2) is 13.1 Å². The van der Waals surface area contributed by atoms with Gasteiger partial charge in [0.15, 0.2) is 0 Å². The van der Waals surface area contributed by atoms with Gasteiger partial charge in [-0.3, -0.25) is 4.79 Å². The molecule has 1 aliphatic heterocycles. The number of amides is 1. The minimum absolute atomic E-state index is 0.0373. The number of rotatable bonds is 8. The normalized spacial score (nSPS) is 15.6. The summed E-state index contributed by atoms with van der Waals surface area (Å²) in [5.74, 6) is 0.0373. The fraction of sp³-hybridized carbons (Fsp3) is 0.588. The number of aryl methyl sites for hydroxylation is 1. The van der Waals surface area contributed by atoms with Crippen molar-refractivity contribution in [2.45, 2.75) is 50.5 Å². The third kappa shape index (κ3) is 4.04. The summed E-state index contributed by atoms with van der Waals surface area (Å²) in [5.41, 5.74) is 1.33. The number of hydrogen-bond donors (Lipinski definition) is 1. The van der Waals surface area contributed by atoms with Crippen LogP contribution in [-0.4, -0.2) is 53.3 Å². The van der Waals surface area contributed by atoms with E-state index in [-0.39, 0.29) is 10.8 Å². The maximum atomic E-state index is 12.6. The van der Waals surface area contributed by atoms with E-state index in [4.69, 9.17) is 0 Å². The lowest BCUT2D eigenvalue weighted by Crippen LogP contribution is -2.27. The SMILES string of the molecule is CCCNC(=O)CCCn1nnc2cc(S(=O)(=O)N3CCCC3)ccc21. The first-order chi connectivity index (χ1) is 12.5. The Morgan fingerprint density at radius 3 is 2.77 bits per heavy atom. The number of carbonyl (C=O) groups excluding carboxylic acids is 1. The van der Waals surface area contributed by atoms with Gasteiger partial charge in [-0.15, -0.1) is 5.10 Å². The van der Waals surface area contributed by atoms with E-state index < -0.39 is 10.0 Å². The molecule has 2 aromatic rings. The zero-order chi connectivity index (χ0) is 18.6. The van der Waals surface area contributed by atoms with Crippen molar-refractivity contribution in [3.05, 3.63) is 18.2 Å². The van der Waals surface area contributed by atoms with Gasteiger partial charge < -0.3 is 5.32 Å². The van der Waals surface area contributed by atoms with Crippen LogP contribution in [0.2, 0.25) is 0 Å². The molecule has 0 spiro atoms. The Morgan fingerprint density at radius 1 is 1.27 bits per heavy atom. The summed E-state index contributed by atoms with van der Waals surface area (Å²) in [5, 5.41) is 11.0. The average Bonchev–Trinajstić information content (AvgIpc) is 3.30. The van der Waals surface area contributed by atoms with E-state index in [1.165, 1.54) is 4.31 Å². The number of benzene rings is 1. The first-order valence-electron chi connectivity index (χ1n) is 9.12. The van der Waals surface area contributed by atoms with Crippen molar-refractivity contribution < 1.29 is 13.2 Å². The summed E-state index contributed by atoms with van der Waals surface area (Å²) in [7, 11) is -3.45. The van der Waals surface area contributed by atoms with Crippen molar-refractivity contribution in [1.29, 1.82) is 0 Å². The van der Waals surface area contributed by atoms with Crippen LogP contribution in [0.25, 0.3) is 11.0 Å². The number of carbonyl (C=O) groups is 1. The topological polar surface area (TPSA) is 97.2 Å². The van der Waals surface area contributed by atoms with Gasteiger partial charge in [-0.1, -0.05) is 12.1 Å². The van der Waals surface area contributed by atoms with Crippen LogP contribution >= 0.6 is 0 Å². The van der Waals surface area contributed by atoms with Gasteiger partial charge in [0, 0.05) is 32.6 Å². The number of fused-ring (bicyclic) bond motifs is 1. The summed E-state index contributed by atoms with van der Waals surface area (Å²) in [6, 6.07) is 4.94. The molecule has 1 fully saturated rings. The van der Waals surface area contributed by atoms with E-state index in [2.05, 4.69) is 15.6 Å². The molecular weight excluding hydrogens is 354 g/mol. The molecule has 26 heavy (non-hydrogen) atoms. The molecule has 1 aromatic carbocycles. The van der Waals surface area contributed by atoms with Gasteiger partial charge in [0.2, 0.25) is 15.9 Å². The monoisotopic (exact) mass is 379 g/mol. The van der Waals surface area contributed by atoms with E-state index in [1.54, 1.807) is 22.9 Å². The number of aromatic nitrogens is 3. The molecular formula is C17H25N5O3S. The number of sulfonamides is 1. The van der Waals surface area contributed by atoms with Gasteiger partial charge in [-0.05, 0) is 43.9 Å². The van der Waals surface area contributed by atoms with Crippen molar-refractivity contribution in [3.63, 3.8) is 0 Å². The van der Waals surface area contributed by atoms with Crippen LogP contribution in [0.15, 0.2) is 23.1 Å². The standard InChI is InChI=1S/C17H25N5O3S/c1-2-9-18-17(23)6-5-12-22-16-8-7-14(13-15(16)19-20-22)26(24,25)21-10-3-4-11-21/h7-8,13H,2-6,9-12H2,1H3,(H,18,23). The average molecular weight is 379 g/mol. The minimum atomic E-state index is -3.45. The Balaban J connectivity index is 1.68. The highest BCUT2D eigenvalue weighted by molar-refractivity contribution is 7.89. The lowest BCUT2D eigenvalue weighted by atomic mass is 10.2. The molecule has 0 atom stereocenters. The lowest BCUT2D eigenvalue weighted by molar-refractivity contribution is -0.121. The van der Waals surface area contributed by atoms with Gasteiger partial charge in [-0.2, -0.15) is 4.31 Å². The Kier molecular flexibility index (Phi) is 5.87. The summed E-state index contributed by atoms with van der Waals surface area (Å²) in [6.45, 7) is 4.42. The Hall–Kier alpha value is -2.00. The van der Waals surface area contributed by atoms with Crippen LogP contribution in [0.3, 0.4) is 0 Å². The highest BCUT2D eigenvalue weighted by Crippen LogP contribution is 2.23. The molecule has 2 heterocycles. The third-order valence-electron chi connectivity index (χ3n) is 4.53. The lowest BCUT2D eigenvalue weighted by Gasteiger charge is -2.15. The minimum Gasteiger partial charge on any atom is -0.356 e. The summed E-state index contributed by atoms with van der Waals surface area (Å²) < 4.78 is 28.5. The van der Waals surface area contributed by atoms with Gasteiger partial charge in [0.05, 0.1) is 10.4 Å². The first kappa shape index (κ1) is 18.8. The second-order valence-corrected chi connectivity index (χ2v) is 8.47. The van der Waals surface area contributed by atoms with Crippen LogP contribution in [0.1, 0.15) is 39.0 Å². The Labute approximate surface area is 153 Å². The smallest absolute Gasteiger partial charge is 0.243 e. The van der Waals surface area contributed by atoms with Crippen molar-refractivity contribution in [3.8, 4) is 0 Å². The molecule has 8 nitrogen and oxygen atoms in total. The predicted octanol–water partition coefficient (Wildman–Crippen LogP) is 1.52. The summed E-state index contributed by atoms with van der Waals surface area (Å²) >= 11 is 0. The van der Waals surface area contributed by atoms with Gasteiger partial charge in [0.1, 0.15) is 5.52 Å². The molecule has 1 amide bonds. The molecule has 1 N–H and O–H groups in total. The quantitative estimate of drug-likeness (QED) is 0.750. The van der Waals surface area contributed by atoms with Crippen molar-refractivity contribution >= 4 is 27.0 Å². The fourth-order valence-corrected chi connectivity index (χ4v) is 4.63. The van der Waals surface area contributed by atoms with E-state index in [0.717, 1.165) is 24.8 Å². The number of nitrogens with one attached hydrogen (secondary N) is 1. The molecule has 0 aliphatic carbocycles. The maximum Gasteiger partial charge on any atom is 0.243 e. The molecule has 9 heteroatoms. The fourth-order valence-electron chi connectivity index (χ4n) is 3.10. The van der Waals surface area contributed by atoms with Crippen LogP contribution in [0.5, 0.6) is 0 Å². The van der Waals surface area contributed by atoms with Gasteiger partial charge >= 0.3 is 0 Å². The maximum absolute atomic E-state index is 12.6. The second-order valence-electron chi connectivity index (χ2n) is 6.53. The Morgan fingerprint density at radius 2 is 2.04 bits per heavy atom. The zero-order valence-corrected chi connectivity index (χ0v) is 15.8. The van der Waals surface area contributed by atoms with E-state index in [0.29, 0.717) is 44.5 Å². The first-order valence-corrected chi connectivity index (χ1v) is 10.6. The van der Waals surface area contributed by atoms with Crippen LogP contribution in [-0.2, 0) is 21.4 Å². The molecule has 0 bridgehead atoms. The molecule has 0 radical (unpaired) electrons. The predicted molar refractivity (Wildman–Crippen MR) is 98.1 cm³/mol. The molecule has 142 valence electrons. The number of nitrogens with zero attached hydrogens (tertiary/aromatic N) is 4. The highest BCUT2D eigenvalue weighted by Gasteiger charge is 2.27. The zero-order valence-electron chi connectivity index (χ0n) is 15.0. The van der Waals surface area contributed by atoms with Crippen LogP contribution in [0.4, 0.5) is 0 Å². The van der Waals surface area contributed by atoms with E-state index in [9.17, 15) is 13.2 Å².